The predicted molar refractivity (Wildman–Crippen MR) is 71.0 cm³/mol. The van der Waals surface area contributed by atoms with Crippen LogP contribution < -0.4 is 14.2 Å². The van der Waals surface area contributed by atoms with Crippen molar-refractivity contribution in [2.24, 2.45) is 0 Å². The lowest BCUT2D eigenvalue weighted by Gasteiger charge is -2.12. The second-order valence-corrected chi connectivity index (χ2v) is 4.84. The van der Waals surface area contributed by atoms with Crippen LogP contribution in [0.2, 0.25) is 0 Å². The topological polar surface area (TPSA) is 27.7 Å². The van der Waals surface area contributed by atoms with Crippen molar-refractivity contribution in [3.8, 4) is 17.2 Å². The van der Waals surface area contributed by atoms with E-state index in [1.807, 2.05) is 12.1 Å². The van der Waals surface area contributed by atoms with Gasteiger partial charge in [0.1, 0.15) is 0 Å². The normalized spacial score (nSPS) is 10.6. The maximum absolute atomic E-state index is 5.85. The zero-order chi connectivity index (χ0) is 12.4. The summed E-state index contributed by atoms with van der Waals surface area (Å²) < 4.78 is 17.1. The summed E-state index contributed by atoms with van der Waals surface area (Å²) in [6.07, 6.45) is 0. The van der Waals surface area contributed by atoms with Gasteiger partial charge in [-0.2, -0.15) is 0 Å². The van der Waals surface area contributed by atoms with Crippen molar-refractivity contribution in [2.45, 2.75) is 5.88 Å². The fraction of sp³-hybridized carbons (Fsp3) is 0.333. The highest BCUT2D eigenvalue weighted by atomic mass is 35.5. The Balaban J connectivity index is 2.76. The molecule has 3 nitrogen and oxygen atoms in total. The second-order valence-electron chi connectivity index (χ2n) is 3.40. The molecule has 0 amide bonds. The molecule has 2 aromatic rings. The third-order valence-corrected chi connectivity index (χ3v) is 4.04. The summed E-state index contributed by atoms with van der Waals surface area (Å²) in [5.74, 6) is 2.46. The summed E-state index contributed by atoms with van der Waals surface area (Å²) in [6, 6.07) is 3.96. The van der Waals surface area contributed by atoms with Crippen LogP contribution in [0.1, 0.15) is 4.88 Å². The number of rotatable bonds is 4. The predicted octanol–water partition coefficient (Wildman–Crippen LogP) is 3.67. The lowest BCUT2D eigenvalue weighted by atomic mass is 10.2. The number of fused-ring (bicyclic) bond motifs is 1. The van der Waals surface area contributed by atoms with E-state index >= 15 is 0 Å². The molecular formula is C12H13ClO3S. The molecule has 0 radical (unpaired) electrons. The van der Waals surface area contributed by atoms with Crippen molar-refractivity contribution in [1.82, 2.24) is 0 Å². The van der Waals surface area contributed by atoms with Crippen LogP contribution >= 0.6 is 22.9 Å². The molecule has 17 heavy (non-hydrogen) atoms. The van der Waals surface area contributed by atoms with Crippen molar-refractivity contribution in [3.63, 3.8) is 0 Å². The van der Waals surface area contributed by atoms with Gasteiger partial charge in [-0.05, 0) is 6.07 Å². The Morgan fingerprint density at radius 1 is 1.06 bits per heavy atom. The molecule has 1 aromatic carbocycles. The van der Waals surface area contributed by atoms with Gasteiger partial charge >= 0.3 is 0 Å². The number of hydrogen-bond acceptors (Lipinski definition) is 4. The van der Waals surface area contributed by atoms with Crippen molar-refractivity contribution in [2.75, 3.05) is 21.3 Å². The molecule has 0 saturated carbocycles. The smallest absolute Gasteiger partial charge is 0.204 e. The first kappa shape index (κ1) is 12.3. The minimum absolute atomic E-state index is 0.493. The molecular weight excluding hydrogens is 260 g/mol. The second kappa shape index (κ2) is 5.02. The zero-order valence-electron chi connectivity index (χ0n) is 9.87. The summed E-state index contributed by atoms with van der Waals surface area (Å²) in [5, 5.41) is 1.01. The number of ether oxygens (including phenoxy) is 3. The van der Waals surface area contributed by atoms with E-state index in [2.05, 4.69) is 0 Å². The Hall–Kier alpha value is -1.13. The first-order valence-electron chi connectivity index (χ1n) is 5.02. The van der Waals surface area contributed by atoms with Crippen LogP contribution in [0.3, 0.4) is 0 Å². The quantitative estimate of drug-likeness (QED) is 0.795. The largest absolute Gasteiger partial charge is 0.493 e. The molecule has 0 aliphatic rings. The fourth-order valence-corrected chi connectivity index (χ4v) is 2.96. The highest BCUT2D eigenvalue weighted by Crippen LogP contribution is 2.46. The van der Waals surface area contributed by atoms with Crippen LogP contribution in [-0.4, -0.2) is 21.3 Å². The number of thiophene rings is 1. The van der Waals surface area contributed by atoms with Gasteiger partial charge in [-0.25, -0.2) is 0 Å². The molecule has 0 saturated heterocycles. The van der Waals surface area contributed by atoms with Crippen LogP contribution in [0.15, 0.2) is 12.1 Å². The number of alkyl halides is 1. The third kappa shape index (κ3) is 2.03. The summed E-state index contributed by atoms with van der Waals surface area (Å²) in [5.41, 5.74) is 0. The fourth-order valence-electron chi connectivity index (χ4n) is 1.77. The molecule has 0 bridgehead atoms. The van der Waals surface area contributed by atoms with Gasteiger partial charge in [0.25, 0.3) is 0 Å². The first-order chi connectivity index (χ1) is 8.24. The summed E-state index contributed by atoms with van der Waals surface area (Å²) in [7, 11) is 4.83. The minimum Gasteiger partial charge on any atom is -0.493 e. The highest BCUT2D eigenvalue weighted by molar-refractivity contribution is 7.19. The van der Waals surface area contributed by atoms with Gasteiger partial charge in [0.05, 0.1) is 27.2 Å². The average molecular weight is 273 g/mol. The minimum atomic E-state index is 0.493. The number of methoxy groups -OCH3 is 3. The van der Waals surface area contributed by atoms with E-state index in [-0.39, 0.29) is 0 Å². The Labute approximate surface area is 109 Å². The van der Waals surface area contributed by atoms with Gasteiger partial charge in [0.15, 0.2) is 11.5 Å². The standard InChI is InChI=1S/C12H13ClO3S/c1-14-9-5-10-8(4-7(6-13)17-10)11(15-2)12(9)16-3/h4-5H,6H2,1-3H3. The van der Waals surface area contributed by atoms with Crippen molar-refractivity contribution >= 4 is 33.0 Å². The van der Waals surface area contributed by atoms with Crippen molar-refractivity contribution < 1.29 is 14.2 Å². The molecule has 1 aromatic heterocycles. The molecule has 2 rings (SSSR count). The molecule has 0 fully saturated rings. The number of halogens is 1. The van der Waals surface area contributed by atoms with Crippen molar-refractivity contribution in [1.29, 1.82) is 0 Å². The molecule has 1 heterocycles. The Morgan fingerprint density at radius 2 is 1.76 bits per heavy atom. The van der Waals surface area contributed by atoms with Crippen LogP contribution in [0.25, 0.3) is 10.1 Å². The molecule has 0 spiro atoms. The maximum atomic E-state index is 5.85. The van der Waals surface area contributed by atoms with Gasteiger partial charge in [0, 0.05) is 21.0 Å². The van der Waals surface area contributed by atoms with E-state index in [4.69, 9.17) is 25.8 Å². The van der Waals surface area contributed by atoms with Crippen LogP contribution in [0.5, 0.6) is 17.2 Å². The first-order valence-corrected chi connectivity index (χ1v) is 6.37. The highest BCUT2D eigenvalue weighted by Gasteiger charge is 2.17. The molecule has 0 N–H and O–H groups in total. The van der Waals surface area contributed by atoms with Gasteiger partial charge in [-0.15, -0.1) is 22.9 Å². The van der Waals surface area contributed by atoms with E-state index in [1.54, 1.807) is 32.7 Å². The number of benzene rings is 1. The summed E-state index contributed by atoms with van der Waals surface area (Å²) >= 11 is 7.48. The van der Waals surface area contributed by atoms with E-state index < -0.39 is 0 Å². The monoisotopic (exact) mass is 272 g/mol. The van der Waals surface area contributed by atoms with Crippen molar-refractivity contribution in [3.05, 3.63) is 17.0 Å². The SMILES string of the molecule is COc1cc2sc(CCl)cc2c(OC)c1OC. The van der Waals surface area contributed by atoms with Gasteiger partial charge in [-0.1, -0.05) is 0 Å². The van der Waals surface area contributed by atoms with Crippen LogP contribution in [0.4, 0.5) is 0 Å². The van der Waals surface area contributed by atoms with E-state index in [1.165, 1.54) is 0 Å². The molecule has 92 valence electrons. The van der Waals surface area contributed by atoms with Crippen LogP contribution in [0, 0.1) is 0 Å². The van der Waals surface area contributed by atoms with Gasteiger partial charge in [0.2, 0.25) is 5.75 Å². The van der Waals surface area contributed by atoms with E-state index in [0.717, 1.165) is 15.0 Å². The van der Waals surface area contributed by atoms with E-state index in [0.29, 0.717) is 23.1 Å². The van der Waals surface area contributed by atoms with Gasteiger partial charge in [-0.3, -0.25) is 0 Å². The Bertz CT molecular complexity index is 536. The third-order valence-electron chi connectivity index (χ3n) is 2.51. The summed E-state index contributed by atoms with van der Waals surface area (Å²) in [4.78, 5) is 1.09. The molecule has 5 heteroatoms. The average Bonchev–Trinajstić information content (AvgIpc) is 2.78. The van der Waals surface area contributed by atoms with Gasteiger partial charge < -0.3 is 14.2 Å². The molecule has 0 unspecified atom stereocenters. The molecule has 0 aliphatic heterocycles. The number of hydrogen-bond donors (Lipinski definition) is 0. The lowest BCUT2D eigenvalue weighted by Crippen LogP contribution is -1.94. The zero-order valence-corrected chi connectivity index (χ0v) is 11.4. The summed E-state index contributed by atoms with van der Waals surface area (Å²) in [6.45, 7) is 0. The lowest BCUT2D eigenvalue weighted by molar-refractivity contribution is 0.327. The van der Waals surface area contributed by atoms with Crippen LogP contribution in [-0.2, 0) is 5.88 Å². The van der Waals surface area contributed by atoms with E-state index in [9.17, 15) is 0 Å². The molecule has 0 aliphatic carbocycles. The molecule has 0 atom stereocenters. The maximum Gasteiger partial charge on any atom is 0.204 e. The Morgan fingerprint density at radius 3 is 2.29 bits per heavy atom. The Kier molecular flexibility index (Phi) is 3.64.